The highest BCUT2D eigenvalue weighted by molar-refractivity contribution is 7.09. The van der Waals surface area contributed by atoms with Crippen LogP contribution in [0.4, 0.5) is 9.59 Å². The molecule has 0 aliphatic rings. The highest BCUT2D eigenvalue weighted by Gasteiger charge is 2.18. The normalized spacial score (nSPS) is 12.4. The molecule has 45 heavy (non-hydrogen) atoms. The number of rotatable bonds is 17. The third-order valence-electron chi connectivity index (χ3n) is 7.31. The Balaban J connectivity index is 1.30. The van der Waals surface area contributed by atoms with E-state index in [1.165, 1.54) is 16.9 Å². The Kier molecular flexibility index (Phi) is 13.8. The van der Waals surface area contributed by atoms with Gasteiger partial charge < -0.3 is 25.6 Å². The van der Waals surface area contributed by atoms with Gasteiger partial charge in [0.1, 0.15) is 6.61 Å². The number of hydrogen-bond donors (Lipinski definition) is 3. The van der Waals surface area contributed by atoms with E-state index < -0.39 is 6.09 Å². The molecule has 2 unspecified atom stereocenters. The summed E-state index contributed by atoms with van der Waals surface area (Å²) < 4.78 is 5.48. The Labute approximate surface area is 274 Å². The molecule has 0 aliphatic carbocycles. The molecule has 9 nitrogen and oxygen atoms in total. The van der Waals surface area contributed by atoms with Crippen LogP contribution >= 0.6 is 22.7 Å². The van der Waals surface area contributed by atoms with Crippen molar-refractivity contribution in [3.63, 3.8) is 0 Å². The largest absolute Gasteiger partial charge is 0.444 e. The number of benzene rings is 2. The molecule has 2 aromatic heterocycles. The fraction of sp³-hybridized carbons (Fsp3) is 0.412. The summed E-state index contributed by atoms with van der Waals surface area (Å²) in [6.45, 7) is 6.04. The van der Waals surface area contributed by atoms with Crippen molar-refractivity contribution in [1.82, 2.24) is 30.8 Å². The number of nitrogens with zero attached hydrogens (tertiary/aromatic N) is 3. The zero-order valence-electron chi connectivity index (χ0n) is 26.3. The van der Waals surface area contributed by atoms with Crippen molar-refractivity contribution in [2.24, 2.45) is 0 Å². The van der Waals surface area contributed by atoms with Gasteiger partial charge in [0.25, 0.3) is 0 Å². The summed E-state index contributed by atoms with van der Waals surface area (Å²) >= 11 is 3.10. The van der Waals surface area contributed by atoms with E-state index >= 15 is 0 Å². The summed E-state index contributed by atoms with van der Waals surface area (Å²) in [7, 11) is 1.79. The van der Waals surface area contributed by atoms with Crippen LogP contribution in [-0.4, -0.2) is 59.2 Å². The first kappa shape index (κ1) is 34.1. The number of carbonyl (C=O) groups is 2. The molecule has 0 saturated heterocycles. The molecule has 4 rings (SSSR count). The van der Waals surface area contributed by atoms with Gasteiger partial charge in [-0.3, -0.25) is 4.98 Å². The highest BCUT2D eigenvalue weighted by Crippen LogP contribution is 2.20. The minimum atomic E-state index is -0.429. The standard InChI is InChI=1S/C34H44N6O3S2/c1-25(2)32-38-30(23-44-32)21-40(3)33(41)37-17-16-36-28(18-26-10-6-4-7-11-26)14-15-29(19-27-12-8-5-9-13-27)39-34(42)43-22-31-20-35-24-45-31/h4-13,20,23-25,28-29,36H,14-19,21-22H2,1-3H3,(H,37,41)(H,39,42). The van der Waals surface area contributed by atoms with Crippen molar-refractivity contribution in [1.29, 1.82) is 0 Å². The summed E-state index contributed by atoms with van der Waals surface area (Å²) in [6, 6.07) is 20.5. The zero-order chi connectivity index (χ0) is 31.9. The number of carbonyl (C=O) groups excluding carboxylic acids is 2. The monoisotopic (exact) mass is 648 g/mol. The predicted octanol–water partition coefficient (Wildman–Crippen LogP) is 6.38. The number of amides is 3. The van der Waals surface area contributed by atoms with Crippen molar-refractivity contribution in [2.75, 3.05) is 20.1 Å². The molecule has 0 bridgehead atoms. The fourth-order valence-electron chi connectivity index (χ4n) is 4.92. The molecule has 0 saturated carbocycles. The number of nitrogens with one attached hydrogen (secondary N) is 3. The lowest BCUT2D eigenvalue weighted by Crippen LogP contribution is -2.43. The maximum absolute atomic E-state index is 12.8. The summed E-state index contributed by atoms with van der Waals surface area (Å²) in [6.07, 6.45) is 4.41. The molecule has 0 spiro atoms. The predicted molar refractivity (Wildman–Crippen MR) is 182 cm³/mol. The number of urea groups is 1. The van der Waals surface area contributed by atoms with Crippen LogP contribution in [0.25, 0.3) is 0 Å². The van der Waals surface area contributed by atoms with Crippen molar-refractivity contribution in [3.8, 4) is 0 Å². The second-order valence-electron chi connectivity index (χ2n) is 11.4. The van der Waals surface area contributed by atoms with E-state index in [0.29, 0.717) is 32.0 Å². The molecule has 11 heteroatoms. The number of thiazole rings is 2. The minimum Gasteiger partial charge on any atom is -0.444 e. The molecule has 2 heterocycles. The average molecular weight is 649 g/mol. The van der Waals surface area contributed by atoms with Gasteiger partial charge in [-0.15, -0.1) is 22.7 Å². The summed E-state index contributed by atoms with van der Waals surface area (Å²) in [5.74, 6) is 0.380. The van der Waals surface area contributed by atoms with Gasteiger partial charge in [0.2, 0.25) is 0 Å². The van der Waals surface area contributed by atoms with Crippen molar-refractivity contribution < 1.29 is 14.3 Å². The zero-order valence-corrected chi connectivity index (χ0v) is 27.9. The van der Waals surface area contributed by atoms with Crippen LogP contribution in [0.1, 0.15) is 59.3 Å². The van der Waals surface area contributed by atoms with Gasteiger partial charge in [0.05, 0.1) is 27.6 Å². The lowest BCUT2D eigenvalue weighted by Gasteiger charge is -2.24. The maximum atomic E-state index is 12.8. The van der Waals surface area contributed by atoms with E-state index in [1.807, 2.05) is 41.8 Å². The van der Waals surface area contributed by atoms with E-state index in [9.17, 15) is 9.59 Å². The third-order valence-corrected chi connectivity index (χ3v) is 9.26. The number of hydrogen-bond acceptors (Lipinski definition) is 8. The Morgan fingerprint density at radius 1 is 0.911 bits per heavy atom. The van der Waals surface area contributed by atoms with E-state index in [0.717, 1.165) is 40.4 Å². The molecule has 4 aromatic rings. The SMILES string of the molecule is CC(C)c1nc(CN(C)C(=O)NCCNC(CCC(Cc2ccccc2)NC(=O)OCc2cncs2)Cc2ccccc2)cs1. The first-order valence-corrected chi connectivity index (χ1v) is 17.2. The molecule has 240 valence electrons. The molecular formula is C34H44N6O3S2. The first-order valence-electron chi connectivity index (χ1n) is 15.4. The topological polar surface area (TPSA) is 108 Å². The second kappa shape index (κ2) is 18.2. The number of ether oxygens (including phenoxy) is 1. The molecule has 3 N–H and O–H groups in total. The summed E-state index contributed by atoms with van der Waals surface area (Å²) in [4.78, 5) is 36.7. The van der Waals surface area contributed by atoms with Crippen molar-refractivity contribution in [3.05, 3.63) is 104 Å². The molecule has 2 atom stereocenters. The van der Waals surface area contributed by atoms with Gasteiger partial charge in [-0.25, -0.2) is 14.6 Å². The number of aromatic nitrogens is 2. The van der Waals surface area contributed by atoms with Crippen LogP contribution in [0.3, 0.4) is 0 Å². The Bertz CT molecular complexity index is 1420. The molecule has 2 aromatic carbocycles. The Morgan fingerprint density at radius 2 is 1.58 bits per heavy atom. The molecule has 0 aliphatic heterocycles. The van der Waals surface area contributed by atoms with Gasteiger partial charge >= 0.3 is 12.1 Å². The van der Waals surface area contributed by atoms with Crippen LogP contribution in [-0.2, 0) is 30.7 Å². The second-order valence-corrected chi connectivity index (χ2v) is 13.3. The summed E-state index contributed by atoms with van der Waals surface area (Å²) in [5.41, 5.74) is 5.03. The van der Waals surface area contributed by atoms with E-state index in [-0.39, 0.29) is 24.7 Å². The molecule has 0 fully saturated rings. The molecular weight excluding hydrogens is 605 g/mol. The quantitative estimate of drug-likeness (QED) is 0.115. The van der Waals surface area contributed by atoms with Crippen LogP contribution in [0, 0.1) is 0 Å². The van der Waals surface area contributed by atoms with Crippen LogP contribution in [0.5, 0.6) is 0 Å². The van der Waals surface area contributed by atoms with Gasteiger partial charge in [-0.2, -0.15) is 0 Å². The lowest BCUT2D eigenvalue weighted by molar-refractivity contribution is 0.135. The first-order chi connectivity index (χ1) is 21.9. The minimum absolute atomic E-state index is 0.100. The van der Waals surface area contributed by atoms with Crippen LogP contribution < -0.4 is 16.0 Å². The van der Waals surface area contributed by atoms with E-state index in [1.54, 1.807) is 35.0 Å². The lowest BCUT2D eigenvalue weighted by atomic mass is 9.96. The van der Waals surface area contributed by atoms with Gasteiger partial charge in [-0.05, 0) is 36.8 Å². The molecule has 0 radical (unpaired) electrons. The van der Waals surface area contributed by atoms with Crippen LogP contribution in [0.15, 0.2) is 77.8 Å². The van der Waals surface area contributed by atoms with E-state index in [4.69, 9.17) is 4.74 Å². The maximum Gasteiger partial charge on any atom is 0.407 e. The summed E-state index contributed by atoms with van der Waals surface area (Å²) in [5, 5.41) is 12.9. The van der Waals surface area contributed by atoms with E-state index in [2.05, 4.69) is 64.0 Å². The van der Waals surface area contributed by atoms with Crippen molar-refractivity contribution >= 4 is 34.8 Å². The molecule has 3 amide bonds. The third kappa shape index (κ3) is 12.3. The number of alkyl carbamates (subject to hydrolysis) is 1. The van der Waals surface area contributed by atoms with Gasteiger partial charge in [0.15, 0.2) is 0 Å². The highest BCUT2D eigenvalue weighted by atomic mass is 32.1. The smallest absolute Gasteiger partial charge is 0.407 e. The van der Waals surface area contributed by atoms with Gasteiger partial charge in [-0.1, -0.05) is 74.5 Å². The Hall–Kier alpha value is -3.80. The van der Waals surface area contributed by atoms with Gasteiger partial charge in [0, 0.05) is 49.7 Å². The fourth-order valence-corrected chi connectivity index (χ4v) is 6.25. The Morgan fingerprint density at radius 3 is 2.20 bits per heavy atom. The average Bonchev–Trinajstić information content (AvgIpc) is 3.74. The van der Waals surface area contributed by atoms with Crippen LogP contribution in [0.2, 0.25) is 0 Å². The van der Waals surface area contributed by atoms with Crippen molar-refractivity contribution in [2.45, 2.75) is 70.7 Å².